The summed E-state index contributed by atoms with van der Waals surface area (Å²) in [6, 6.07) is 20.9. The summed E-state index contributed by atoms with van der Waals surface area (Å²) in [5.41, 5.74) is 2.38. The summed E-state index contributed by atoms with van der Waals surface area (Å²) in [6.45, 7) is 0.862. The van der Waals surface area contributed by atoms with Crippen molar-refractivity contribution in [2.75, 3.05) is 11.5 Å². The van der Waals surface area contributed by atoms with Crippen molar-refractivity contribution in [3.63, 3.8) is 0 Å². The molecule has 1 heterocycles. The van der Waals surface area contributed by atoms with E-state index in [2.05, 4.69) is 53.4 Å². The molecule has 1 fully saturated rings. The van der Waals surface area contributed by atoms with Gasteiger partial charge in [-0.3, -0.25) is 0 Å². The molecule has 18 heavy (non-hydrogen) atoms. The molecule has 2 nitrogen and oxygen atoms in total. The fourth-order valence-corrected chi connectivity index (χ4v) is 2.42. The highest BCUT2D eigenvalue weighted by Gasteiger charge is 2.24. The molecule has 0 radical (unpaired) electrons. The Hall–Kier alpha value is -1.80. The molecule has 2 heteroatoms. The lowest BCUT2D eigenvalue weighted by molar-refractivity contribution is 0.116. The Balaban J connectivity index is 1.98. The minimum atomic E-state index is 0.162. The van der Waals surface area contributed by atoms with Gasteiger partial charge in [0.25, 0.3) is 0 Å². The third-order valence-electron chi connectivity index (χ3n) is 3.26. The Bertz CT molecular complexity index is 437. The molecule has 0 amide bonds. The first-order valence-electron chi connectivity index (χ1n) is 6.46. The van der Waals surface area contributed by atoms with E-state index in [-0.39, 0.29) is 6.23 Å². The van der Waals surface area contributed by atoms with Gasteiger partial charge < -0.3 is 9.64 Å². The predicted octanol–water partition coefficient (Wildman–Crippen LogP) is 3.96. The quantitative estimate of drug-likeness (QED) is 0.803. The molecule has 2 aromatic carbocycles. The molecular weight excluding hydrogens is 222 g/mol. The van der Waals surface area contributed by atoms with E-state index in [1.165, 1.54) is 11.4 Å². The summed E-state index contributed by atoms with van der Waals surface area (Å²) in [4.78, 5) is 2.28. The molecular formula is C16H17NO. The van der Waals surface area contributed by atoms with Gasteiger partial charge in [0.15, 0.2) is 0 Å². The van der Waals surface area contributed by atoms with E-state index < -0.39 is 0 Å². The van der Waals surface area contributed by atoms with Crippen LogP contribution < -0.4 is 4.90 Å². The topological polar surface area (TPSA) is 12.5 Å². The van der Waals surface area contributed by atoms with Crippen molar-refractivity contribution in [1.29, 1.82) is 0 Å². The van der Waals surface area contributed by atoms with Crippen LogP contribution in [0, 0.1) is 0 Å². The van der Waals surface area contributed by atoms with Crippen LogP contribution in [0.5, 0.6) is 0 Å². The molecule has 3 rings (SSSR count). The lowest BCUT2D eigenvalue weighted by Gasteiger charge is -2.30. The van der Waals surface area contributed by atoms with Gasteiger partial charge in [0.05, 0.1) is 0 Å². The van der Waals surface area contributed by atoms with Crippen molar-refractivity contribution >= 4 is 11.4 Å². The number of hydrogen-bond donors (Lipinski definition) is 0. The van der Waals surface area contributed by atoms with Gasteiger partial charge in [-0.15, -0.1) is 0 Å². The van der Waals surface area contributed by atoms with E-state index in [1.807, 2.05) is 12.1 Å². The number of para-hydroxylation sites is 2. The smallest absolute Gasteiger partial charge is 0.134 e. The minimum Gasteiger partial charge on any atom is -0.358 e. The van der Waals surface area contributed by atoms with Crippen molar-refractivity contribution in [3.8, 4) is 0 Å². The molecule has 0 N–H and O–H groups in total. The Morgan fingerprint density at radius 3 is 1.83 bits per heavy atom. The highest BCUT2D eigenvalue weighted by molar-refractivity contribution is 5.63. The number of anilines is 2. The third-order valence-corrected chi connectivity index (χ3v) is 3.26. The van der Waals surface area contributed by atoms with Crippen molar-refractivity contribution in [2.45, 2.75) is 19.1 Å². The van der Waals surface area contributed by atoms with Crippen molar-refractivity contribution in [1.82, 2.24) is 0 Å². The molecule has 92 valence electrons. The van der Waals surface area contributed by atoms with Crippen LogP contribution in [0.25, 0.3) is 0 Å². The molecule has 1 unspecified atom stereocenters. The molecule has 0 bridgehead atoms. The van der Waals surface area contributed by atoms with Crippen LogP contribution in [0.2, 0.25) is 0 Å². The summed E-state index contributed by atoms with van der Waals surface area (Å²) < 4.78 is 5.85. The van der Waals surface area contributed by atoms with Crippen LogP contribution in [-0.2, 0) is 4.74 Å². The van der Waals surface area contributed by atoms with E-state index in [0.717, 1.165) is 19.4 Å². The largest absolute Gasteiger partial charge is 0.358 e. The number of ether oxygens (including phenoxy) is 1. The maximum atomic E-state index is 5.85. The molecule has 1 aliphatic rings. The van der Waals surface area contributed by atoms with E-state index in [9.17, 15) is 0 Å². The molecule has 1 atom stereocenters. The third kappa shape index (κ3) is 2.24. The fraction of sp³-hybridized carbons (Fsp3) is 0.250. The number of rotatable bonds is 3. The van der Waals surface area contributed by atoms with Crippen molar-refractivity contribution in [2.24, 2.45) is 0 Å². The van der Waals surface area contributed by atoms with Crippen LogP contribution in [0.4, 0.5) is 11.4 Å². The fourth-order valence-electron chi connectivity index (χ4n) is 2.42. The Labute approximate surface area is 108 Å². The van der Waals surface area contributed by atoms with Gasteiger partial charge in [0.2, 0.25) is 0 Å². The minimum absolute atomic E-state index is 0.162. The Kier molecular flexibility index (Phi) is 3.29. The molecule has 0 aliphatic carbocycles. The van der Waals surface area contributed by atoms with Crippen LogP contribution >= 0.6 is 0 Å². The van der Waals surface area contributed by atoms with Gasteiger partial charge in [-0.1, -0.05) is 36.4 Å². The molecule has 1 saturated heterocycles. The molecule has 1 aliphatic heterocycles. The lowest BCUT2D eigenvalue weighted by Crippen LogP contribution is -2.30. The second-order valence-electron chi connectivity index (χ2n) is 4.51. The SMILES string of the molecule is c1ccc(N(c2ccccc2)C2CCCO2)cc1. The zero-order chi connectivity index (χ0) is 12.2. The van der Waals surface area contributed by atoms with Gasteiger partial charge in [-0.05, 0) is 37.1 Å². The van der Waals surface area contributed by atoms with Crippen molar-refractivity contribution < 1.29 is 4.74 Å². The van der Waals surface area contributed by atoms with E-state index in [1.54, 1.807) is 0 Å². The first-order chi connectivity index (χ1) is 8.95. The normalized spacial score (nSPS) is 18.8. The average Bonchev–Trinajstić information content (AvgIpc) is 2.95. The predicted molar refractivity (Wildman–Crippen MR) is 74.0 cm³/mol. The van der Waals surface area contributed by atoms with Gasteiger partial charge in [-0.25, -0.2) is 0 Å². The van der Waals surface area contributed by atoms with Gasteiger partial charge >= 0.3 is 0 Å². The summed E-state index contributed by atoms with van der Waals surface area (Å²) in [5.74, 6) is 0. The van der Waals surface area contributed by atoms with Gasteiger partial charge in [0, 0.05) is 18.0 Å². The number of nitrogens with zero attached hydrogens (tertiary/aromatic N) is 1. The van der Waals surface area contributed by atoms with Crippen LogP contribution in [-0.4, -0.2) is 12.8 Å². The standard InChI is InChI=1S/C16H17NO/c1-3-8-14(9-4-1)17(16-12-7-13-18-16)15-10-5-2-6-11-15/h1-6,8-11,16H,7,12-13H2. The first kappa shape index (κ1) is 11.3. The van der Waals surface area contributed by atoms with E-state index in [4.69, 9.17) is 4.74 Å². The van der Waals surface area contributed by atoms with Crippen LogP contribution in [0.1, 0.15) is 12.8 Å². The molecule has 0 saturated carbocycles. The van der Waals surface area contributed by atoms with Crippen LogP contribution in [0.3, 0.4) is 0 Å². The maximum Gasteiger partial charge on any atom is 0.134 e. The number of hydrogen-bond acceptors (Lipinski definition) is 2. The highest BCUT2D eigenvalue weighted by Crippen LogP contribution is 2.31. The maximum absolute atomic E-state index is 5.85. The highest BCUT2D eigenvalue weighted by atomic mass is 16.5. The number of benzene rings is 2. The molecule has 0 aromatic heterocycles. The zero-order valence-electron chi connectivity index (χ0n) is 10.3. The second kappa shape index (κ2) is 5.23. The second-order valence-corrected chi connectivity index (χ2v) is 4.51. The lowest BCUT2D eigenvalue weighted by atomic mass is 10.2. The summed E-state index contributed by atoms with van der Waals surface area (Å²) in [5, 5.41) is 0. The molecule has 0 spiro atoms. The van der Waals surface area contributed by atoms with E-state index >= 15 is 0 Å². The molecule has 2 aromatic rings. The summed E-state index contributed by atoms with van der Waals surface area (Å²) in [6.07, 6.45) is 2.39. The monoisotopic (exact) mass is 239 g/mol. The van der Waals surface area contributed by atoms with Crippen molar-refractivity contribution in [3.05, 3.63) is 60.7 Å². The van der Waals surface area contributed by atoms with Crippen LogP contribution in [0.15, 0.2) is 60.7 Å². The van der Waals surface area contributed by atoms with E-state index in [0.29, 0.717) is 0 Å². The first-order valence-corrected chi connectivity index (χ1v) is 6.46. The zero-order valence-corrected chi connectivity index (χ0v) is 10.3. The summed E-state index contributed by atoms with van der Waals surface area (Å²) in [7, 11) is 0. The Morgan fingerprint density at radius 1 is 0.833 bits per heavy atom. The van der Waals surface area contributed by atoms with Gasteiger partial charge in [0.1, 0.15) is 6.23 Å². The summed E-state index contributed by atoms with van der Waals surface area (Å²) >= 11 is 0. The average molecular weight is 239 g/mol. The Morgan fingerprint density at radius 2 is 1.39 bits per heavy atom. The van der Waals surface area contributed by atoms with Gasteiger partial charge in [-0.2, -0.15) is 0 Å².